The van der Waals surface area contributed by atoms with E-state index >= 15 is 4.39 Å². The number of nitrogens with zero attached hydrogens (tertiary/aromatic N) is 4. The number of methoxy groups -OCH3 is 1. The van der Waals surface area contributed by atoms with Gasteiger partial charge in [0.15, 0.2) is 5.65 Å². The summed E-state index contributed by atoms with van der Waals surface area (Å²) in [6.45, 7) is 0.252. The summed E-state index contributed by atoms with van der Waals surface area (Å²) >= 11 is 1.40. The predicted octanol–water partition coefficient (Wildman–Crippen LogP) is 3.63. The van der Waals surface area contributed by atoms with Crippen LogP contribution in [0.3, 0.4) is 0 Å². The number of nitrogens with two attached hydrogens (primary N) is 1. The van der Waals surface area contributed by atoms with E-state index in [1.54, 1.807) is 47.3 Å². The number of fused-ring (bicyclic) bond motifs is 10. The van der Waals surface area contributed by atoms with Gasteiger partial charge in [-0.05, 0) is 42.7 Å². The molecule has 17 heteroatoms. The Hall–Kier alpha value is -4.09. The first kappa shape index (κ1) is 36.7. The van der Waals surface area contributed by atoms with Crippen molar-refractivity contribution in [2.24, 2.45) is 10.7 Å². The van der Waals surface area contributed by atoms with Crippen LogP contribution in [0.15, 0.2) is 58.3 Å². The van der Waals surface area contributed by atoms with Crippen molar-refractivity contribution >= 4 is 69.8 Å². The van der Waals surface area contributed by atoms with Crippen molar-refractivity contribution in [1.82, 2.24) is 19.6 Å². The maximum absolute atomic E-state index is 15.4. The second kappa shape index (κ2) is 16.8. The minimum atomic E-state index is -4.63. The number of carbonyl (C=O) groups excluding carboxylic acids is 2. The van der Waals surface area contributed by atoms with Crippen LogP contribution in [0.5, 0.6) is 5.75 Å². The van der Waals surface area contributed by atoms with E-state index < -0.39 is 29.5 Å². The van der Waals surface area contributed by atoms with Gasteiger partial charge < -0.3 is 31.3 Å². The molecule has 11 nitrogen and oxygen atoms in total. The van der Waals surface area contributed by atoms with E-state index in [1.807, 2.05) is 0 Å². The van der Waals surface area contributed by atoms with Crippen LogP contribution >= 0.6 is 11.8 Å². The summed E-state index contributed by atoms with van der Waals surface area (Å²) in [5.41, 5.74) is 2.18. The zero-order valence-electron chi connectivity index (χ0n) is 26.0. The van der Waals surface area contributed by atoms with Gasteiger partial charge in [-0.2, -0.15) is 13.2 Å². The van der Waals surface area contributed by atoms with Gasteiger partial charge in [0.1, 0.15) is 22.6 Å². The van der Waals surface area contributed by atoms with Crippen LogP contribution in [0.4, 0.5) is 28.9 Å². The number of hydrogen-bond donors (Lipinski definition) is 4. The van der Waals surface area contributed by atoms with Crippen molar-refractivity contribution in [2.75, 3.05) is 50.5 Å². The Balaban J connectivity index is 0.00000255. The molecule has 0 spiro atoms. The van der Waals surface area contributed by atoms with E-state index in [1.165, 1.54) is 34.9 Å². The van der Waals surface area contributed by atoms with Gasteiger partial charge in [-0.15, -0.1) is 0 Å². The number of rotatable bonds is 2. The molecule has 2 atom stereocenters. The summed E-state index contributed by atoms with van der Waals surface area (Å²) in [6, 6.07) is 7.09. The number of carbonyl (C=O) groups is 2. The van der Waals surface area contributed by atoms with Crippen LogP contribution in [0.2, 0.25) is 4.87 Å². The molecule has 6 bridgehead atoms. The Labute approximate surface area is 292 Å². The number of halogens is 4. The molecule has 0 saturated carbocycles. The molecule has 2 unspecified atom stereocenters. The van der Waals surface area contributed by atoms with E-state index in [4.69, 9.17) is 10.5 Å². The quantitative estimate of drug-likeness (QED) is 0.102. The summed E-state index contributed by atoms with van der Waals surface area (Å²) in [5, 5.41) is 8.59. The SMILES string of the molecule is COc1ccc2cc1NCC#Cc1nc3c(cccn3c1SC(F)(F)F)NC1CCN(CC1F)C(=O)/C(=C/N)C=NCCNC2=O.[CH3][Sb]. The van der Waals surface area contributed by atoms with E-state index in [2.05, 4.69) is 42.6 Å². The zero-order chi connectivity index (χ0) is 34.8. The number of aliphatic imine (C=N–C) groups is 1. The number of aromatic nitrogens is 2. The van der Waals surface area contributed by atoms with Gasteiger partial charge in [-0.25, -0.2) is 9.37 Å². The van der Waals surface area contributed by atoms with Gasteiger partial charge in [-0.1, -0.05) is 5.92 Å². The molecule has 2 aromatic heterocycles. The molecule has 3 aromatic rings. The van der Waals surface area contributed by atoms with Gasteiger partial charge in [0.25, 0.3) is 11.8 Å². The number of thioether (sulfide) groups is 1. The van der Waals surface area contributed by atoms with Crippen molar-refractivity contribution in [3.8, 4) is 17.6 Å². The van der Waals surface area contributed by atoms with E-state index in [0.717, 1.165) is 6.20 Å². The van der Waals surface area contributed by atoms with E-state index in [-0.39, 0.29) is 72.8 Å². The molecule has 3 aliphatic heterocycles. The Morgan fingerprint density at radius 2 is 1.98 bits per heavy atom. The standard InChI is InChI=1S/C30H30F4N8O3S.CH3.Sb/c1-45-25-7-6-18-14-24(25)37-9-2-4-23-29(46-30(32,33)34)42-12-3-5-22(26(42)40-23)39-21-8-13-41(17-20(21)31)28(44)19(15-35)16-36-10-11-38-27(18)43;;/h3,5-7,12,14-16,20-21,37,39H,8-11,13,17,35H2,1H3,(H,38,43);1H3;/b19-15+,36-16?;;. The number of ether oxygens (including phenoxy) is 1. The first-order valence-electron chi connectivity index (χ1n) is 14.6. The molecule has 1 saturated heterocycles. The van der Waals surface area contributed by atoms with Crippen LogP contribution < -0.4 is 26.4 Å². The van der Waals surface area contributed by atoms with Crippen molar-refractivity contribution in [2.45, 2.75) is 34.0 Å². The third-order valence-corrected chi connectivity index (χ3v) is 8.02. The monoisotopic (exact) mass is 794 g/mol. The van der Waals surface area contributed by atoms with E-state index in [0.29, 0.717) is 22.7 Å². The fourth-order valence-electron chi connectivity index (χ4n) is 5.00. The van der Waals surface area contributed by atoms with Crippen molar-refractivity contribution in [1.29, 1.82) is 0 Å². The summed E-state index contributed by atoms with van der Waals surface area (Å²) in [4.78, 5) is 37.8. The second-order valence-corrected chi connectivity index (χ2v) is 11.3. The number of piperidine rings is 1. The first-order chi connectivity index (χ1) is 23.1. The van der Waals surface area contributed by atoms with Gasteiger partial charge in [0.05, 0.1) is 49.7 Å². The number of amides is 2. The summed E-state index contributed by atoms with van der Waals surface area (Å²) in [5.74, 6) is 5.03. The molecule has 5 N–H and O–H groups in total. The number of hydrogen-bond acceptors (Lipinski definition) is 9. The molecule has 1 fully saturated rings. The normalized spacial score (nSPS) is 19.7. The van der Waals surface area contributed by atoms with Crippen LogP contribution in [0, 0.1) is 11.8 Å². The number of pyridine rings is 1. The van der Waals surface area contributed by atoms with Crippen LogP contribution in [0.25, 0.3) is 5.65 Å². The molecule has 6 rings (SSSR count). The number of benzene rings is 1. The second-order valence-electron chi connectivity index (χ2n) is 10.2. The average Bonchev–Trinajstić information content (AvgIpc) is 3.42. The van der Waals surface area contributed by atoms with Gasteiger partial charge >= 0.3 is 33.4 Å². The Kier molecular flexibility index (Phi) is 12.9. The summed E-state index contributed by atoms with van der Waals surface area (Å²) in [7, 11) is 1.45. The average molecular weight is 795 g/mol. The zero-order valence-corrected chi connectivity index (χ0v) is 29.3. The Bertz CT molecular complexity index is 1750. The van der Waals surface area contributed by atoms with Crippen molar-refractivity contribution < 1.29 is 31.9 Å². The predicted molar refractivity (Wildman–Crippen MR) is 179 cm³/mol. The van der Waals surface area contributed by atoms with Gasteiger partial charge in [-0.3, -0.25) is 19.0 Å². The molecule has 48 heavy (non-hydrogen) atoms. The maximum atomic E-state index is 15.4. The van der Waals surface area contributed by atoms with Crippen LogP contribution in [-0.4, -0.2) is 113 Å². The molecular weight excluding hydrogens is 762 g/mol. The molecular formula is C31H33F4N8O3SSb. The summed E-state index contributed by atoms with van der Waals surface area (Å²) in [6.07, 6.45) is 2.51. The fourth-order valence-corrected chi connectivity index (χ4v) is 5.66. The van der Waals surface area contributed by atoms with Crippen LogP contribution in [0.1, 0.15) is 22.5 Å². The Morgan fingerprint density at radius 3 is 2.69 bits per heavy atom. The molecule has 2 amide bonds. The Morgan fingerprint density at radius 1 is 1.19 bits per heavy atom. The van der Waals surface area contributed by atoms with Gasteiger partial charge in [0, 0.05) is 49.0 Å². The third-order valence-electron chi connectivity index (χ3n) is 7.21. The van der Waals surface area contributed by atoms with Crippen LogP contribution in [-0.2, 0) is 4.79 Å². The minimum absolute atomic E-state index is 0.0108. The van der Waals surface area contributed by atoms with Gasteiger partial charge in [0.2, 0.25) is 0 Å². The molecule has 2 radical (unpaired) electrons. The molecule has 5 heterocycles. The number of nitrogens with one attached hydrogen (secondary N) is 3. The van der Waals surface area contributed by atoms with Crippen molar-refractivity contribution in [3.05, 3.63) is 59.6 Å². The number of imidazole rings is 1. The topological polar surface area (TPSA) is 138 Å². The first-order valence-corrected chi connectivity index (χ1v) is 18.0. The number of alkyl halides is 4. The molecule has 1 aromatic carbocycles. The summed E-state index contributed by atoms with van der Waals surface area (Å²) < 4.78 is 62.9. The van der Waals surface area contributed by atoms with E-state index in [9.17, 15) is 22.8 Å². The third kappa shape index (κ3) is 9.08. The number of anilines is 2. The van der Waals surface area contributed by atoms with Crippen molar-refractivity contribution in [3.63, 3.8) is 0 Å². The molecule has 3 aliphatic rings. The molecule has 0 aliphatic carbocycles. The fraction of sp³-hybridized carbons (Fsp3) is 0.355. The molecule has 254 valence electrons.